The first-order chi connectivity index (χ1) is 13.1. The lowest BCUT2D eigenvalue weighted by Gasteiger charge is -2.61. The number of benzene rings is 1. The van der Waals surface area contributed by atoms with Crippen molar-refractivity contribution < 1.29 is 35.5 Å². The molecule has 0 atom stereocenters. The molecule has 156 valence electrons. The molecule has 0 N–H and O–H groups in total. The van der Waals surface area contributed by atoms with E-state index in [0.717, 1.165) is 51.3 Å². The summed E-state index contributed by atoms with van der Waals surface area (Å²) in [6.07, 6.45) is -3.04. The largest absolute Gasteiger partial charge is 0.573 e. The van der Waals surface area contributed by atoms with Crippen molar-refractivity contribution in [1.82, 2.24) is 9.21 Å². The Bertz CT molecular complexity index is 841. The number of hydrogen-bond acceptors (Lipinski definition) is 5. The van der Waals surface area contributed by atoms with Crippen LogP contribution in [-0.4, -0.2) is 69.4 Å². The van der Waals surface area contributed by atoms with Gasteiger partial charge in [-0.15, -0.1) is 13.2 Å². The van der Waals surface area contributed by atoms with Crippen molar-refractivity contribution >= 4 is 10.0 Å². The van der Waals surface area contributed by atoms with Gasteiger partial charge in [0.2, 0.25) is 10.0 Å². The Morgan fingerprint density at radius 1 is 1.11 bits per heavy atom. The van der Waals surface area contributed by atoms with E-state index < -0.39 is 32.8 Å². The smallest absolute Gasteiger partial charge is 0.406 e. The number of ether oxygens (including phenoxy) is 2. The Morgan fingerprint density at radius 3 is 2.32 bits per heavy atom. The summed E-state index contributed by atoms with van der Waals surface area (Å²) in [6, 6.07) is 2.51. The first-order valence-electron chi connectivity index (χ1n) is 8.95. The van der Waals surface area contributed by atoms with Gasteiger partial charge in [0.25, 0.3) is 0 Å². The van der Waals surface area contributed by atoms with Gasteiger partial charge >= 0.3 is 6.36 Å². The first kappa shape index (κ1) is 19.9. The molecule has 1 spiro atoms. The molecule has 1 aromatic carbocycles. The highest BCUT2D eigenvalue weighted by Gasteiger charge is 2.56. The van der Waals surface area contributed by atoms with E-state index in [1.165, 1.54) is 4.31 Å². The Balaban J connectivity index is 1.38. The fourth-order valence-corrected chi connectivity index (χ4v) is 5.93. The summed E-state index contributed by atoms with van der Waals surface area (Å²) < 4.78 is 86.2. The molecule has 28 heavy (non-hydrogen) atoms. The average Bonchev–Trinajstić information content (AvgIpc) is 2.51. The Hall–Kier alpha value is -1.43. The number of alkyl halides is 3. The van der Waals surface area contributed by atoms with Gasteiger partial charge < -0.3 is 9.47 Å². The lowest BCUT2D eigenvalue weighted by molar-refractivity contribution is -0.274. The lowest BCUT2D eigenvalue weighted by atomic mass is 9.73. The van der Waals surface area contributed by atoms with Crippen molar-refractivity contribution in [1.29, 1.82) is 0 Å². The summed E-state index contributed by atoms with van der Waals surface area (Å²) in [5.74, 6) is -2.06. The Morgan fingerprint density at radius 2 is 1.75 bits per heavy atom. The second-order valence-electron chi connectivity index (χ2n) is 7.66. The lowest BCUT2D eigenvalue weighted by Crippen LogP contribution is -2.74. The molecule has 0 saturated carbocycles. The normalized spacial score (nSPS) is 24.0. The van der Waals surface area contributed by atoms with Crippen LogP contribution in [0.5, 0.6) is 5.75 Å². The van der Waals surface area contributed by atoms with Gasteiger partial charge in [-0.3, -0.25) is 4.90 Å². The van der Waals surface area contributed by atoms with E-state index in [-0.39, 0.29) is 18.5 Å². The number of nitrogens with zero attached hydrogens (tertiary/aromatic N) is 2. The van der Waals surface area contributed by atoms with Gasteiger partial charge in [-0.25, -0.2) is 12.8 Å². The monoisotopic (exact) mass is 424 g/mol. The molecule has 4 rings (SSSR count). The minimum atomic E-state index is -4.97. The van der Waals surface area contributed by atoms with Gasteiger partial charge in [0.15, 0.2) is 0 Å². The summed E-state index contributed by atoms with van der Waals surface area (Å²) in [7, 11) is -4.10. The fraction of sp³-hybridized carbons (Fsp3) is 0.647. The number of rotatable bonds is 4. The highest BCUT2D eigenvalue weighted by Crippen LogP contribution is 2.44. The van der Waals surface area contributed by atoms with Crippen LogP contribution in [0.3, 0.4) is 0 Å². The molecule has 3 aliphatic heterocycles. The van der Waals surface area contributed by atoms with Crippen LogP contribution < -0.4 is 4.74 Å². The van der Waals surface area contributed by atoms with Gasteiger partial charge in [-0.05, 0) is 25.0 Å². The molecular weight excluding hydrogens is 404 g/mol. The number of likely N-dealkylation sites (tertiary alicyclic amines) is 1. The molecule has 3 fully saturated rings. The van der Waals surface area contributed by atoms with Crippen molar-refractivity contribution in [2.75, 3.05) is 39.4 Å². The second-order valence-corrected chi connectivity index (χ2v) is 9.57. The van der Waals surface area contributed by atoms with Crippen LogP contribution in [0, 0.1) is 11.2 Å². The maximum Gasteiger partial charge on any atom is 0.573 e. The maximum atomic E-state index is 14.2. The molecule has 0 aromatic heterocycles. The van der Waals surface area contributed by atoms with Crippen LogP contribution in [0.1, 0.15) is 12.8 Å². The van der Waals surface area contributed by atoms with Crippen molar-refractivity contribution in [2.45, 2.75) is 30.1 Å². The summed E-state index contributed by atoms with van der Waals surface area (Å²) in [6.45, 7) is 3.64. The Labute approximate surface area is 160 Å². The zero-order valence-electron chi connectivity index (χ0n) is 14.9. The Kier molecular flexibility index (Phi) is 4.84. The van der Waals surface area contributed by atoms with Gasteiger partial charge in [-0.2, -0.15) is 4.31 Å². The number of halogens is 4. The van der Waals surface area contributed by atoms with Crippen LogP contribution >= 0.6 is 0 Å². The fourth-order valence-electron chi connectivity index (χ4n) is 4.22. The van der Waals surface area contributed by atoms with Crippen LogP contribution in [0.4, 0.5) is 17.6 Å². The highest BCUT2D eigenvalue weighted by atomic mass is 32.2. The molecule has 0 aliphatic carbocycles. The molecular formula is C17H20F4N2O4S. The van der Waals surface area contributed by atoms with E-state index in [1.54, 1.807) is 0 Å². The molecule has 6 nitrogen and oxygen atoms in total. The van der Waals surface area contributed by atoms with E-state index in [9.17, 15) is 26.0 Å². The van der Waals surface area contributed by atoms with Crippen LogP contribution in [0.25, 0.3) is 0 Å². The van der Waals surface area contributed by atoms with E-state index in [0.29, 0.717) is 12.1 Å². The zero-order valence-corrected chi connectivity index (χ0v) is 15.7. The topological polar surface area (TPSA) is 59.1 Å². The van der Waals surface area contributed by atoms with E-state index in [4.69, 9.17) is 4.74 Å². The molecule has 0 unspecified atom stereocenters. The molecule has 0 amide bonds. The molecule has 3 heterocycles. The minimum Gasteiger partial charge on any atom is -0.406 e. The van der Waals surface area contributed by atoms with Gasteiger partial charge in [0.05, 0.1) is 0 Å². The van der Waals surface area contributed by atoms with E-state index in [2.05, 4.69) is 9.64 Å². The molecule has 1 aromatic rings. The number of sulfonamides is 1. The van der Waals surface area contributed by atoms with Crippen LogP contribution in [-0.2, 0) is 14.8 Å². The SMILES string of the molecule is O=S(=O)(c1ccc(OC(F)(F)F)cc1F)N1CC2(CN(C3CCOCC3)C2)C1. The number of hydrogen-bond donors (Lipinski definition) is 0. The van der Waals surface area contributed by atoms with E-state index in [1.807, 2.05) is 0 Å². The minimum absolute atomic E-state index is 0.110. The third-order valence-corrected chi connectivity index (χ3v) is 7.39. The van der Waals surface area contributed by atoms with Crippen molar-refractivity contribution in [3.05, 3.63) is 24.0 Å². The van der Waals surface area contributed by atoms with Crippen molar-refractivity contribution in [2.24, 2.45) is 5.41 Å². The molecule has 0 radical (unpaired) electrons. The van der Waals surface area contributed by atoms with Crippen molar-refractivity contribution in [3.63, 3.8) is 0 Å². The van der Waals surface area contributed by atoms with Gasteiger partial charge in [-0.1, -0.05) is 0 Å². The first-order valence-corrected chi connectivity index (χ1v) is 10.4. The summed E-state index contributed by atoms with van der Waals surface area (Å²) in [5, 5.41) is 0. The second kappa shape index (κ2) is 6.82. The average molecular weight is 424 g/mol. The highest BCUT2D eigenvalue weighted by molar-refractivity contribution is 7.89. The predicted octanol–water partition coefficient (Wildman–Crippen LogP) is 2.21. The zero-order chi connectivity index (χ0) is 20.2. The predicted molar refractivity (Wildman–Crippen MR) is 89.7 cm³/mol. The van der Waals surface area contributed by atoms with Gasteiger partial charge in [0.1, 0.15) is 16.5 Å². The molecule has 3 saturated heterocycles. The molecule has 0 bridgehead atoms. The van der Waals surface area contributed by atoms with Gasteiger partial charge in [0, 0.05) is 56.9 Å². The summed E-state index contributed by atoms with van der Waals surface area (Å²) in [5.41, 5.74) is -0.110. The molecule has 3 aliphatic rings. The third kappa shape index (κ3) is 3.72. The molecule has 11 heteroatoms. The van der Waals surface area contributed by atoms with Crippen LogP contribution in [0.15, 0.2) is 23.1 Å². The van der Waals surface area contributed by atoms with E-state index >= 15 is 0 Å². The third-order valence-electron chi connectivity index (χ3n) is 5.56. The standard InChI is InChI=1S/C17H20F4N2O4S/c18-14-7-13(27-17(19,20)21)1-2-15(14)28(24,25)23-10-16(11-23)8-22(9-16)12-3-5-26-6-4-12/h1-2,7,12H,3-6,8-11H2. The van der Waals surface area contributed by atoms with Crippen LogP contribution in [0.2, 0.25) is 0 Å². The quantitative estimate of drug-likeness (QED) is 0.694. The maximum absolute atomic E-state index is 14.2. The summed E-state index contributed by atoms with van der Waals surface area (Å²) in [4.78, 5) is 1.69. The van der Waals surface area contributed by atoms with Crippen molar-refractivity contribution in [3.8, 4) is 5.75 Å². The summed E-state index contributed by atoms with van der Waals surface area (Å²) >= 11 is 0.